The molecule has 0 spiro atoms. The topological polar surface area (TPSA) is 40.1 Å². The van der Waals surface area contributed by atoms with E-state index in [1.807, 2.05) is 0 Å². The van der Waals surface area contributed by atoms with E-state index in [-0.39, 0.29) is 29.6 Å². The second-order valence-corrected chi connectivity index (χ2v) is 2.99. The summed E-state index contributed by atoms with van der Waals surface area (Å²) in [5.74, 6) is 0. The first-order valence-electron chi connectivity index (χ1n) is 2.77. The zero-order valence-electron chi connectivity index (χ0n) is 6.76. The smallest absolute Gasteiger partial charge is 0.554 e. The number of carboxylic acid groups (broad SMARTS) is 1. The molecule has 0 saturated heterocycles. The Hall–Kier alpha value is 0.560. The summed E-state index contributed by atoms with van der Waals surface area (Å²) in [6.45, 7) is -0.500. The molecule has 0 fully saturated rings. The molecule has 66 valence electrons. The SMILES string of the molecule is Clc1cc(Cl)cc(Cl)c1.O=C[O-].[Na+]. The van der Waals surface area contributed by atoms with Gasteiger partial charge in [0.15, 0.2) is 0 Å². The van der Waals surface area contributed by atoms with Gasteiger partial charge in [0.2, 0.25) is 0 Å². The Morgan fingerprint density at radius 3 is 1.31 bits per heavy atom. The predicted octanol–water partition coefficient (Wildman–Crippen LogP) is -0.983. The second-order valence-electron chi connectivity index (χ2n) is 1.68. The molecule has 0 radical (unpaired) electrons. The average molecular weight is 249 g/mol. The van der Waals surface area contributed by atoms with Crippen molar-refractivity contribution < 1.29 is 39.5 Å². The fraction of sp³-hybridized carbons (Fsp3) is 0. The quantitative estimate of drug-likeness (QED) is 0.438. The summed E-state index contributed by atoms with van der Waals surface area (Å²) >= 11 is 16.7. The van der Waals surface area contributed by atoms with Crippen molar-refractivity contribution in [1.29, 1.82) is 0 Å². The van der Waals surface area contributed by atoms with Gasteiger partial charge in [0.25, 0.3) is 0 Å². The molecule has 0 aliphatic rings. The van der Waals surface area contributed by atoms with Crippen molar-refractivity contribution in [3.8, 4) is 0 Å². The molecular formula is C7H4Cl3NaO2. The van der Waals surface area contributed by atoms with Gasteiger partial charge in [-0.3, -0.25) is 0 Å². The number of hydrogen-bond donors (Lipinski definition) is 0. The van der Waals surface area contributed by atoms with Gasteiger partial charge in [-0.15, -0.1) is 0 Å². The Bertz CT molecular complexity index is 217. The van der Waals surface area contributed by atoms with Crippen molar-refractivity contribution >= 4 is 41.3 Å². The molecule has 0 bridgehead atoms. The number of halogens is 3. The van der Waals surface area contributed by atoms with Gasteiger partial charge in [0, 0.05) is 21.5 Å². The van der Waals surface area contributed by atoms with E-state index < -0.39 is 6.47 Å². The van der Waals surface area contributed by atoms with E-state index in [0.717, 1.165) is 0 Å². The third-order valence-electron chi connectivity index (χ3n) is 0.827. The van der Waals surface area contributed by atoms with Crippen LogP contribution in [0.5, 0.6) is 0 Å². The summed E-state index contributed by atoms with van der Waals surface area (Å²) in [6.07, 6.45) is 0. The van der Waals surface area contributed by atoms with Gasteiger partial charge in [-0.25, -0.2) is 0 Å². The van der Waals surface area contributed by atoms with Gasteiger partial charge in [-0.1, -0.05) is 34.8 Å². The van der Waals surface area contributed by atoms with Crippen LogP contribution >= 0.6 is 34.8 Å². The normalized spacial score (nSPS) is 7.62. The van der Waals surface area contributed by atoms with Gasteiger partial charge >= 0.3 is 29.6 Å². The molecule has 1 aromatic carbocycles. The molecule has 2 nitrogen and oxygen atoms in total. The third-order valence-corrected chi connectivity index (χ3v) is 1.48. The summed E-state index contributed by atoms with van der Waals surface area (Å²) in [4.78, 5) is 8.25. The largest absolute Gasteiger partial charge is 1.00 e. The van der Waals surface area contributed by atoms with Crippen molar-refractivity contribution in [3.05, 3.63) is 33.3 Å². The molecule has 13 heavy (non-hydrogen) atoms. The fourth-order valence-corrected chi connectivity index (χ4v) is 1.39. The van der Waals surface area contributed by atoms with E-state index in [9.17, 15) is 0 Å². The maximum absolute atomic E-state index is 8.25. The van der Waals surface area contributed by atoms with E-state index >= 15 is 0 Å². The van der Waals surface area contributed by atoms with Crippen LogP contribution in [0.1, 0.15) is 0 Å². The summed E-state index contributed by atoms with van der Waals surface area (Å²) in [5.41, 5.74) is 0. The molecule has 0 heterocycles. The molecule has 0 N–H and O–H groups in total. The Balaban J connectivity index is 0. The monoisotopic (exact) mass is 248 g/mol. The van der Waals surface area contributed by atoms with Crippen molar-refractivity contribution in [2.75, 3.05) is 0 Å². The van der Waals surface area contributed by atoms with Crippen LogP contribution in [-0.2, 0) is 4.79 Å². The van der Waals surface area contributed by atoms with E-state index in [2.05, 4.69) is 0 Å². The van der Waals surface area contributed by atoms with Gasteiger partial charge < -0.3 is 9.90 Å². The summed E-state index contributed by atoms with van der Waals surface area (Å²) < 4.78 is 0. The fourth-order valence-electron chi connectivity index (χ4n) is 0.520. The molecule has 1 aromatic rings. The molecule has 0 saturated carbocycles. The molecule has 0 amide bonds. The first-order chi connectivity index (χ1) is 5.60. The first-order valence-corrected chi connectivity index (χ1v) is 3.90. The second kappa shape index (κ2) is 9.13. The zero-order chi connectivity index (χ0) is 9.56. The van der Waals surface area contributed by atoms with Crippen molar-refractivity contribution in [2.45, 2.75) is 0 Å². The predicted molar refractivity (Wildman–Crippen MR) is 47.5 cm³/mol. The molecular weight excluding hydrogens is 245 g/mol. The van der Waals surface area contributed by atoms with Gasteiger partial charge in [0.05, 0.1) is 0 Å². The Kier molecular flexibility index (Phi) is 11.2. The molecule has 0 unspecified atom stereocenters. The Labute approximate surface area is 113 Å². The third kappa shape index (κ3) is 8.88. The number of rotatable bonds is 0. The Morgan fingerprint density at radius 2 is 1.15 bits per heavy atom. The molecule has 0 aliphatic carbocycles. The summed E-state index contributed by atoms with van der Waals surface area (Å²) in [7, 11) is 0. The maximum Gasteiger partial charge on any atom is 1.00 e. The maximum atomic E-state index is 8.25. The molecule has 6 heteroatoms. The first kappa shape index (κ1) is 16.0. The minimum atomic E-state index is -0.500. The average Bonchev–Trinajstić information content (AvgIpc) is 1.84. The van der Waals surface area contributed by atoms with Crippen LogP contribution in [0.25, 0.3) is 0 Å². The number of hydrogen-bond acceptors (Lipinski definition) is 2. The van der Waals surface area contributed by atoms with Crippen LogP contribution in [0.3, 0.4) is 0 Å². The van der Waals surface area contributed by atoms with Crippen LogP contribution in [0, 0.1) is 0 Å². The van der Waals surface area contributed by atoms with Gasteiger partial charge in [0.1, 0.15) is 0 Å². The van der Waals surface area contributed by atoms with Crippen LogP contribution in [0.15, 0.2) is 18.2 Å². The van der Waals surface area contributed by atoms with Crippen molar-refractivity contribution in [1.82, 2.24) is 0 Å². The summed E-state index contributed by atoms with van der Waals surface area (Å²) in [6, 6.07) is 4.90. The Morgan fingerprint density at radius 1 is 1.00 bits per heavy atom. The van der Waals surface area contributed by atoms with Gasteiger partial charge in [-0.05, 0) is 18.2 Å². The zero-order valence-corrected chi connectivity index (χ0v) is 11.0. The van der Waals surface area contributed by atoms with Crippen LogP contribution in [0.4, 0.5) is 0 Å². The molecule has 1 rings (SSSR count). The standard InChI is InChI=1S/C6H3Cl3.CH2O2.Na/c7-4-1-5(8)3-6(9)2-4;2-1-3;/h1-3H;1H,(H,2,3);/q;;+1/p-1. The van der Waals surface area contributed by atoms with Crippen LogP contribution in [0.2, 0.25) is 15.1 Å². The molecule has 0 aliphatic heterocycles. The molecule has 0 aromatic heterocycles. The minimum absolute atomic E-state index is 0. The number of carbonyl (C=O) groups excluding carboxylic acids is 1. The van der Waals surface area contributed by atoms with Crippen LogP contribution < -0.4 is 34.7 Å². The van der Waals surface area contributed by atoms with E-state index in [1.54, 1.807) is 18.2 Å². The van der Waals surface area contributed by atoms with Gasteiger partial charge in [-0.2, -0.15) is 0 Å². The molecule has 0 atom stereocenters. The van der Waals surface area contributed by atoms with E-state index in [1.165, 1.54) is 0 Å². The number of carbonyl (C=O) groups is 1. The van der Waals surface area contributed by atoms with Crippen LogP contribution in [-0.4, -0.2) is 6.47 Å². The van der Waals surface area contributed by atoms with E-state index in [4.69, 9.17) is 44.7 Å². The van der Waals surface area contributed by atoms with Crippen molar-refractivity contribution in [2.24, 2.45) is 0 Å². The minimum Gasteiger partial charge on any atom is -0.554 e. The number of benzene rings is 1. The summed E-state index contributed by atoms with van der Waals surface area (Å²) in [5, 5.41) is 9.94. The van der Waals surface area contributed by atoms with E-state index in [0.29, 0.717) is 15.1 Å². The van der Waals surface area contributed by atoms with Crippen molar-refractivity contribution in [3.63, 3.8) is 0 Å².